The van der Waals surface area contributed by atoms with Gasteiger partial charge < -0.3 is 4.90 Å². The van der Waals surface area contributed by atoms with Crippen LogP contribution in [0.3, 0.4) is 0 Å². The van der Waals surface area contributed by atoms with E-state index in [1.54, 1.807) is 48.0 Å². The Hall–Kier alpha value is -2.77. The molecule has 0 aliphatic carbocycles. The molecule has 30 heavy (non-hydrogen) atoms. The molecule has 3 aromatic carbocycles. The maximum atomic E-state index is 12.9. The zero-order valence-corrected chi connectivity index (χ0v) is 18.8. The Labute approximate surface area is 182 Å². The van der Waals surface area contributed by atoms with Crippen LogP contribution in [-0.4, -0.2) is 32.5 Å². The maximum absolute atomic E-state index is 12.9. The largest absolute Gasteiger partial charge is 0.337 e. The van der Waals surface area contributed by atoms with Crippen LogP contribution in [0.2, 0.25) is 0 Å². The summed E-state index contributed by atoms with van der Waals surface area (Å²) >= 11 is 1.66. The molecule has 5 nitrogen and oxygen atoms in total. The van der Waals surface area contributed by atoms with Gasteiger partial charge in [-0.05, 0) is 61.2 Å². The van der Waals surface area contributed by atoms with E-state index in [4.69, 9.17) is 0 Å². The van der Waals surface area contributed by atoms with Gasteiger partial charge in [-0.3, -0.25) is 9.52 Å². The molecule has 7 heteroatoms. The second kappa shape index (κ2) is 9.36. The molecular weight excluding hydrogens is 416 g/mol. The van der Waals surface area contributed by atoms with Gasteiger partial charge in [0.2, 0.25) is 0 Å². The number of aryl methyl sites for hydroxylation is 1. The van der Waals surface area contributed by atoms with E-state index >= 15 is 0 Å². The fourth-order valence-electron chi connectivity index (χ4n) is 2.93. The van der Waals surface area contributed by atoms with Gasteiger partial charge in [0.1, 0.15) is 0 Å². The molecule has 0 aromatic heterocycles. The molecule has 0 atom stereocenters. The van der Waals surface area contributed by atoms with Gasteiger partial charge in [-0.2, -0.15) is 0 Å². The van der Waals surface area contributed by atoms with E-state index in [2.05, 4.69) is 4.72 Å². The van der Waals surface area contributed by atoms with Crippen molar-refractivity contribution in [2.45, 2.75) is 23.3 Å². The molecule has 0 bridgehead atoms. The molecule has 0 saturated heterocycles. The third-order valence-corrected chi connectivity index (χ3v) is 6.74. The molecule has 3 rings (SSSR count). The summed E-state index contributed by atoms with van der Waals surface area (Å²) in [4.78, 5) is 15.6. The van der Waals surface area contributed by atoms with Crippen LogP contribution in [0.1, 0.15) is 21.5 Å². The van der Waals surface area contributed by atoms with Crippen LogP contribution >= 0.6 is 11.8 Å². The van der Waals surface area contributed by atoms with E-state index in [9.17, 15) is 13.2 Å². The quantitative estimate of drug-likeness (QED) is 0.537. The van der Waals surface area contributed by atoms with Crippen LogP contribution in [0, 0.1) is 6.92 Å². The Morgan fingerprint density at radius 1 is 1.00 bits per heavy atom. The summed E-state index contributed by atoms with van der Waals surface area (Å²) in [5.74, 6) is -0.240. The molecule has 0 heterocycles. The summed E-state index contributed by atoms with van der Waals surface area (Å²) in [5.41, 5.74) is 2.85. The number of benzene rings is 3. The van der Waals surface area contributed by atoms with Gasteiger partial charge in [-0.25, -0.2) is 8.42 Å². The molecule has 156 valence electrons. The number of carbonyl (C=O) groups excluding carboxylic acids is 1. The average molecular weight is 441 g/mol. The Bertz CT molecular complexity index is 1130. The minimum Gasteiger partial charge on any atom is -0.337 e. The predicted octanol–water partition coefficient (Wildman–Crippen LogP) is 4.79. The molecule has 1 amide bonds. The number of sulfonamides is 1. The number of hydrogen-bond donors (Lipinski definition) is 1. The average Bonchev–Trinajstić information content (AvgIpc) is 2.75. The normalized spacial score (nSPS) is 11.2. The molecule has 0 saturated carbocycles. The Balaban J connectivity index is 1.75. The van der Waals surface area contributed by atoms with Crippen LogP contribution in [0.5, 0.6) is 0 Å². The summed E-state index contributed by atoms with van der Waals surface area (Å²) in [5, 5.41) is 0. The number of hydrogen-bond acceptors (Lipinski definition) is 4. The monoisotopic (exact) mass is 440 g/mol. The van der Waals surface area contributed by atoms with Crippen LogP contribution in [-0.2, 0) is 16.6 Å². The third-order valence-electron chi connectivity index (χ3n) is 4.62. The van der Waals surface area contributed by atoms with Crippen molar-refractivity contribution in [1.29, 1.82) is 0 Å². The number of rotatable bonds is 7. The van der Waals surface area contributed by atoms with Crippen molar-refractivity contribution in [2.24, 2.45) is 0 Å². The zero-order valence-electron chi connectivity index (χ0n) is 17.1. The van der Waals surface area contributed by atoms with Gasteiger partial charge in [0.05, 0.1) is 4.90 Å². The minimum absolute atomic E-state index is 0.0478. The first-order chi connectivity index (χ1) is 14.3. The summed E-state index contributed by atoms with van der Waals surface area (Å²) in [6.45, 7) is 2.37. The lowest BCUT2D eigenvalue weighted by Gasteiger charge is -2.18. The molecule has 0 aliphatic heterocycles. The van der Waals surface area contributed by atoms with E-state index in [0.717, 1.165) is 16.0 Å². The third kappa shape index (κ3) is 5.43. The van der Waals surface area contributed by atoms with Crippen LogP contribution in [0.15, 0.2) is 82.6 Å². The van der Waals surface area contributed by atoms with Crippen molar-refractivity contribution in [3.63, 3.8) is 0 Å². The van der Waals surface area contributed by atoms with Gasteiger partial charge in [-0.15, -0.1) is 11.8 Å². The van der Waals surface area contributed by atoms with Gasteiger partial charge in [0.25, 0.3) is 15.9 Å². The van der Waals surface area contributed by atoms with Gasteiger partial charge >= 0.3 is 0 Å². The van der Waals surface area contributed by atoms with Gasteiger partial charge in [0.15, 0.2) is 0 Å². The minimum atomic E-state index is -3.80. The van der Waals surface area contributed by atoms with Crippen molar-refractivity contribution in [3.05, 3.63) is 89.5 Å². The fraction of sp³-hybridized carbons (Fsp3) is 0.174. The summed E-state index contributed by atoms with van der Waals surface area (Å²) in [6, 6.07) is 21.2. The van der Waals surface area contributed by atoms with Crippen molar-refractivity contribution in [3.8, 4) is 0 Å². The first-order valence-corrected chi connectivity index (χ1v) is 12.1. The van der Waals surface area contributed by atoms with Crippen LogP contribution < -0.4 is 4.72 Å². The lowest BCUT2D eigenvalue weighted by molar-refractivity contribution is 0.0785. The van der Waals surface area contributed by atoms with Crippen LogP contribution in [0.4, 0.5) is 5.69 Å². The molecule has 3 aromatic rings. The summed E-state index contributed by atoms with van der Waals surface area (Å²) < 4.78 is 28.0. The number of anilines is 1. The van der Waals surface area contributed by atoms with E-state index in [1.165, 1.54) is 12.1 Å². The molecule has 0 aliphatic rings. The van der Waals surface area contributed by atoms with E-state index < -0.39 is 10.0 Å². The fourth-order valence-corrected chi connectivity index (χ4v) is 4.44. The molecule has 0 unspecified atom stereocenters. The van der Waals surface area contributed by atoms with Crippen molar-refractivity contribution in [2.75, 3.05) is 18.0 Å². The highest BCUT2D eigenvalue weighted by Gasteiger charge is 2.18. The Morgan fingerprint density at radius 3 is 2.30 bits per heavy atom. The van der Waals surface area contributed by atoms with Crippen LogP contribution in [0.25, 0.3) is 0 Å². The number of amides is 1. The highest BCUT2D eigenvalue weighted by Crippen LogP contribution is 2.20. The number of nitrogens with one attached hydrogen (secondary N) is 1. The lowest BCUT2D eigenvalue weighted by atomic mass is 10.1. The molecule has 0 spiro atoms. The highest BCUT2D eigenvalue weighted by molar-refractivity contribution is 7.98. The molecule has 1 N–H and O–H groups in total. The first-order valence-electron chi connectivity index (χ1n) is 9.36. The second-order valence-corrected chi connectivity index (χ2v) is 9.57. The standard InChI is InChI=1S/C23H24N2O3S2/c1-17-7-11-20(12-8-17)24-30(27,28)22-6-4-5-19(15-22)23(26)25(2)16-18-9-13-21(29-3)14-10-18/h4-15,24H,16H2,1-3H3. The molecule has 0 fully saturated rings. The zero-order chi connectivity index (χ0) is 21.7. The Morgan fingerprint density at radius 2 is 1.67 bits per heavy atom. The maximum Gasteiger partial charge on any atom is 0.261 e. The topological polar surface area (TPSA) is 66.5 Å². The first kappa shape index (κ1) is 21.9. The smallest absolute Gasteiger partial charge is 0.261 e. The van der Waals surface area contributed by atoms with Crippen molar-refractivity contribution >= 4 is 33.4 Å². The summed E-state index contributed by atoms with van der Waals surface area (Å²) in [6.07, 6.45) is 2.01. The van der Waals surface area contributed by atoms with Gasteiger partial charge in [0, 0.05) is 29.7 Å². The number of carbonyl (C=O) groups is 1. The number of nitrogens with zero attached hydrogens (tertiary/aromatic N) is 1. The predicted molar refractivity (Wildman–Crippen MR) is 122 cm³/mol. The Kier molecular flexibility index (Phi) is 6.84. The van der Waals surface area contributed by atoms with Gasteiger partial charge in [-0.1, -0.05) is 35.9 Å². The second-order valence-electron chi connectivity index (χ2n) is 7.01. The highest BCUT2D eigenvalue weighted by atomic mass is 32.2. The van der Waals surface area contributed by atoms with E-state index in [1.807, 2.05) is 49.6 Å². The molecular formula is C23H24N2O3S2. The number of thioether (sulfide) groups is 1. The van der Waals surface area contributed by atoms with E-state index in [-0.39, 0.29) is 10.8 Å². The SMILES string of the molecule is CSc1ccc(CN(C)C(=O)c2cccc(S(=O)(=O)Nc3ccc(C)cc3)c2)cc1. The summed E-state index contributed by atoms with van der Waals surface area (Å²) in [7, 11) is -2.09. The lowest BCUT2D eigenvalue weighted by Crippen LogP contribution is -2.26. The van der Waals surface area contributed by atoms with E-state index in [0.29, 0.717) is 17.8 Å². The molecule has 0 radical (unpaired) electrons. The van der Waals surface area contributed by atoms with Crippen molar-refractivity contribution in [1.82, 2.24) is 4.90 Å². The van der Waals surface area contributed by atoms with Crippen molar-refractivity contribution < 1.29 is 13.2 Å².